The summed E-state index contributed by atoms with van der Waals surface area (Å²) >= 11 is 0. The van der Waals surface area contributed by atoms with Crippen LogP contribution >= 0.6 is 0 Å². The fourth-order valence-corrected chi connectivity index (χ4v) is 4.98. The van der Waals surface area contributed by atoms with Gasteiger partial charge in [0.2, 0.25) is 0 Å². The second kappa shape index (κ2) is 7.17. The lowest BCUT2D eigenvalue weighted by Gasteiger charge is -2.40. The zero-order valence-electron chi connectivity index (χ0n) is 12.7. The first kappa shape index (κ1) is 16.2. The quantitative estimate of drug-likeness (QED) is 0.773. The summed E-state index contributed by atoms with van der Waals surface area (Å²) in [5.41, 5.74) is 0. The van der Waals surface area contributed by atoms with Crippen LogP contribution in [-0.2, 0) is 10.2 Å². The molecule has 2 heterocycles. The molecule has 7 heteroatoms. The van der Waals surface area contributed by atoms with Crippen LogP contribution in [-0.4, -0.2) is 80.8 Å². The van der Waals surface area contributed by atoms with Gasteiger partial charge in [0.25, 0.3) is 10.2 Å². The van der Waals surface area contributed by atoms with Crippen LogP contribution in [0.15, 0.2) is 0 Å². The maximum Gasteiger partial charge on any atom is 0.282 e. The number of hydrogen-bond donors (Lipinski definition) is 1. The number of nitrogens with one attached hydrogen (secondary N) is 1. The average molecular weight is 304 g/mol. The zero-order valence-corrected chi connectivity index (χ0v) is 13.5. The number of piperidine rings is 1. The first-order valence-electron chi connectivity index (χ1n) is 7.73. The Hall–Kier alpha value is -0.210. The van der Waals surface area contributed by atoms with E-state index in [-0.39, 0.29) is 6.04 Å². The Morgan fingerprint density at radius 3 is 2.40 bits per heavy atom. The summed E-state index contributed by atoms with van der Waals surface area (Å²) in [5.74, 6) is 0. The molecule has 118 valence electrons. The van der Waals surface area contributed by atoms with E-state index in [0.717, 1.165) is 45.4 Å². The van der Waals surface area contributed by atoms with Crippen LogP contribution in [0.3, 0.4) is 0 Å². The summed E-state index contributed by atoms with van der Waals surface area (Å²) in [4.78, 5) is 2.30. The minimum Gasteiger partial charge on any atom is -0.318 e. The number of nitrogens with zero attached hydrogens (tertiary/aromatic N) is 3. The first-order valence-corrected chi connectivity index (χ1v) is 9.13. The van der Waals surface area contributed by atoms with Crippen molar-refractivity contribution in [2.24, 2.45) is 0 Å². The molecule has 0 saturated carbocycles. The Morgan fingerprint density at radius 2 is 1.80 bits per heavy atom. The van der Waals surface area contributed by atoms with E-state index in [1.165, 1.54) is 0 Å². The van der Waals surface area contributed by atoms with Crippen LogP contribution in [0.4, 0.5) is 0 Å². The molecule has 0 aromatic carbocycles. The largest absolute Gasteiger partial charge is 0.318 e. The molecule has 2 saturated heterocycles. The van der Waals surface area contributed by atoms with Crippen LogP contribution in [0, 0.1) is 0 Å². The van der Waals surface area contributed by atoms with E-state index >= 15 is 0 Å². The van der Waals surface area contributed by atoms with Gasteiger partial charge in [-0.3, -0.25) is 0 Å². The van der Waals surface area contributed by atoms with Crippen molar-refractivity contribution in [1.29, 1.82) is 0 Å². The lowest BCUT2D eigenvalue weighted by molar-refractivity contribution is 0.174. The standard InChI is InChI=1S/C13H28N4O2S/c1-3-15-8-10-16(11-9-15)20(18,19)17-7-5-4-6-13(17)12-14-2/h13-14H,3-12H2,1-2H3. The molecular weight excluding hydrogens is 276 g/mol. The maximum atomic E-state index is 12.8. The molecule has 0 radical (unpaired) electrons. The number of likely N-dealkylation sites (N-methyl/N-ethyl adjacent to an activating group) is 2. The number of rotatable bonds is 5. The highest BCUT2D eigenvalue weighted by molar-refractivity contribution is 7.86. The van der Waals surface area contributed by atoms with Crippen LogP contribution in [0.5, 0.6) is 0 Å². The van der Waals surface area contributed by atoms with Crippen molar-refractivity contribution in [3.63, 3.8) is 0 Å². The molecular formula is C13H28N4O2S. The van der Waals surface area contributed by atoms with Gasteiger partial charge >= 0.3 is 0 Å². The summed E-state index contributed by atoms with van der Waals surface area (Å²) in [7, 11) is -1.40. The van der Waals surface area contributed by atoms with Gasteiger partial charge in [-0.2, -0.15) is 17.0 Å². The van der Waals surface area contributed by atoms with Gasteiger partial charge in [-0.1, -0.05) is 13.3 Å². The van der Waals surface area contributed by atoms with Crippen LogP contribution in [0.2, 0.25) is 0 Å². The molecule has 2 fully saturated rings. The Morgan fingerprint density at radius 1 is 1.10 bits per heavy atom. The fourth-order valence-electron chi connectivity index (χ4n) is 3.14. The SMILES string of the molecule is CCN1CCN(S(=O)(=O)N2CCCCC2CNC)CC1. The van der Waals surface area contributed by atoms with Gasteiger partial charge < -0.3 is 10.2 Å². The van der Waals surface area contributed by atoms with Crippen molar-refractivity contribution < 1.29 is 8.42 Å². The lowest BCUT2D eigenvalue weighted by Crippen LogP contribution is -2.57. The summed E-state index contributed by atoms with van der Waals surface area (Å²) in [6.45, 7) is 7.48. The van der Waals surface area contributed by atoms with Crippen molar-refractivity contribution in [3.8, 4) is 0 Å². The second-order valence-corrected chi connectivity index (χ2v) is 7.54. The Bertz CT molecular complexity index is 391. The van der Waals surface area contributed by atoms with Crippen LogP contribution < -0.4 is 5.32 Å². The van der Waals surface area contributed by atoms with Crippen molar-refractivity contribution in [2.45, 2.75) is 32.2 Å². The normalized spacial score (nSPS) is 27.8. The van der Waals surface area contributed by atoms with E-state index in [1.807, 2.05) is 7.05 Å². The Labute approximate surface area is 123 Å². The van der Waals surface area contributed by atoms with Gasteiger partial charge in [0.15, 0.2) is 0 Å². The highest BCUT2D eigenvalue weighted by atomic mass is 32.2. The third kappa shape index (κ3) is 3.51. The van der Waals surface area contributed by atoms with E-state index in [2.05, 4.69) is 17.1 Å². The van der Waals surface area contributed by atoms with E-state index < -0.39 is 10.2 Å². The van der Waals surface area contributed by atoms with Crippen molar-refractivity contribution >= 4 is 10.2 Å². The minimum absolute atomic E-state index is 0.114. The van der Waals surface area contributed by atoms with Gasteiger partial charge in [-0.15, -0.1) is 0 Å². The topological polar surface area (TPSA) is 55.9 Å². The molecule has 0 aromatic heterocycles. The molecule has 0 aliphatic carbocycles. The smallest absolute Gasteiger partial charge is 0.282 e. The summed E-state index contributed by atoms with van der Waals surface area (Å²) < 4.78 is 29.1. The number of hydrogen-bond acceptors (Lipinski definition) is 4. The zero-order chi connectivity index (χ0) is 14.6. The van der Waals surface area contributed by atoms with Crippen molar-refractivity contribution in [2.75, 3.05) is 52.9 Å². The molecule has 1 atom stereocenters. The lowest BCUT2D eigenvalue weighted by atomic mass is 10.1. The molecule has 2 rings (SSSR count). The molecule has 0 aromatic rings. The predicted octanol–water partition coefficient (Wildman–Crippen LogP) is -0.0574. The van der Waals surface area contributed by atoms with Gasteiger partial charge in [0.05, 0.1) is 0 Å². The van der Waals surface area contributed by atoms with Gasteiger partial charge in [-0.25, -0.2) is 0 Å². The molecule has 2 aliphatic rings. The van der Waals surface area contributed by atoms with Crippen LogP contribution in [0.25, 0.3) is 0 Å². The Kier molecular flexibility index (Phi) is 5.80. The van der Waals surface area contributed by atoms with E-state index in [1.54, 1.807) is 8.61 Å². The molecule has 0 amide bonds. The maximum absolute atomic E-state index is 12.8. The molecule has 1 unspecified atom stereocenters. The molecule has 0 spiro atoms. The fraction of sp³-hybridized carbons (Fsp3) is 1.00. The minimum atomic E-state index is -3.29. The van der Waals surface area contributed by atoms with Gasteiger partial charge in [0.1, 0.15) is 0 Å². The third-order valence-electron chi connectivity index (χ3n) is 4.41. The first-order chi connectivity index (χ1) is 9.59. The summed E-state index contributed by atoms with van der Waals surface area (Å²) in [6, 6.07) is 0.114. The van der Waals surface area contributed by atoms with Gasteiger partial charge in [-0.05, 0) is 26.4 Å². The monoisotopic (exact) mass is 304 g/mol. The second-order valence-electron chi connectivity index (χ2n) is 5.66. The molecule has 1 N–H and O–H groups in total. The van der Waals surface area contributed by atoms with Crippen molar-refractivity contribution in [3.05, 3.63) is 0 Å². The van der Waals surface area contributed by atoms with Gasteiger partial charge in [0, 0.05) is 45.3 Å². The average Bonchev–Trinajstić information content (AvgIpc) is 2.48. The summed E-state index contributed by atoms with van der Waals surface area (Å²) in [5, 5.41) is 3.13. The Balaban J connectivity index is 2.04. The molecule has 20 heavy (non-hydrogen) atoms. The van der Waals surface area contributed by atoms with E-state index in [0.29, 0.717) is 19.6 Å². The highest BCUT2D eigenvalue weighted by Crippen LogP contribution is 2.23. The van der Waals surface area contributed by atoms with Crippen molar-refractivity contribution in [1.82, 2.24) is 18.8 Å². The molecule has 6 nitrogen and oxygen atoms in total. The number of piperazine rings is 1. The van der Waals surface area contributed by atoms with Crippen LogP contribution in [0.1, 0.15) is 26.2 Å². The molecule has 0 bridgehead atoms. The third-order valence-corrected chi connectivity index (χ3v) is 6.51. The summed E-state index contributed by atoms with van der Waals surface area (Å²) in [6.07, 6.45) is 3.07. The van der Waals surface area contributed by atoms with E-state index in [9.17, 15) is 8.42 Å². The molecule has 2 aliphatic heterocycles. The predicted molar refractivity (Wildman–Crippen MR) is 80.9 cm³/mol. The highest BCUT2D eigenvalue weighted by Gasteiger charge is 2.37. The van der Waals surface area contributed by atoms with E-state index in [4.69, 9.17) is 0 Å².